The van der Waals surface area contributed by atoms with E-state index < -0.39 is 0 Å². The largest absolute Gasteiger partial charge is 0.474 e. The second-order valence-corrected chi connectivity index (χ2v) is 4.81. The molecule has 0 unspecified atom stereocenters. The molecule has 0 aliphatic rings. The topological polar surface area (TPSA) is 36.3 Å². The number of methoxy groups -OCH3 is 1. The molecule has 0 N–H and O–H groups in total. The van der Waals surface area contributed by atoms with Gasteiger partial charge in [0.2, 0.25) is 5.88 Å². The summed E-state index contributed by atoms with van der Waals surface area (Å²) in [5, 5.41) is 5.63. The monoisotopic (exact) mass is 282 g/mol. The van der Waals surface area contributed by atoms with E-state index in [1.54, 1.807) is 7.11 Å². The third-order valence-corrected chi connectivity index (χ3v) is 3.33. The molecule has 21 heavy (non-hydrogen) atoms. The van der Waals surface area contributed by atoms with Gasteiger partial charge in [0, 0.05) is 7.11 Å². The Hall–Kier alpha value is -2.33. The van der Waals surface area contributed by atoms with Gasteiger partial charge in [-0.05, 0) is 17.7 Å². The second kappa shape index (κ2) is 6.41. The first-order valence-corrected chi connectivity index (χ1v) is 6.99. The lowest BCUT2D eigenvalue weighted by Gasteiger charge is -2.03. The number of fused-ring (bicyclic) bond motifs is 1. The minimum absolute atomic E-state index is 0.503. The van der Waals surface area contributed by atoms with Crippen LogP contribution in [0.2, 0.25) is 0 Å². The average molecular weight is 282 g/mol. The van der Waals surface area contributed by atoms with E-state index in [9.17, 15) is 0 Å². The fourth-order valence-electron chi connectivity index (χ4n) is 2.30. The molecule has 0 spiro atoms. The van der Waals surface area contributed by atoms with Crippen LogP contribution in [0.15, 0.2) is 54.6 Å². The normalized spacial score (nSPS) is 10.9. The Balaban J connectivity index is 1.91. The Bertz CT molecular complexity index is 707. The Labute approximate surface area is 123 Å². The molecule has 3 aromatic rings. The highest BCUT2D eigenvalue weighted by Gasteiger charge is 2.11. The van der Waals surface area contributed by atoms with Crippen LogP contribution in [0.4, 0.5) is 0 Å². The van der Waals surface area contributed by atoms with Gasteiger partial charge in [-0.2, -0.15) is 0 Å². The maximum Gasteiger partial charge on any atom is 0.240 e. The third kappa shape index (κ3) is 3.06. The average Bonchev–Trinajstić information content (AvgIpc) is 2.87. The number of ether oxygens (including phenoxy) is 2. The molecule has 0 atom stereocenters. The summed E-state index contributed by atoms with van der Waals surface area (Å²) in [4.78, 5) is 0. The Morgan fingerprint density at radius 1 is 0.952 bits per heavy atom. The van der Waals surface area contributed by atoms with Crippen molar-refractivity contribution in [2.75, 3.05) is 20.3 Å². The van der Waals surface area contributed by atoms with Crippen LogP contribution in [0.25, 0.3) is 10.9 Å². The molecule has 3 rings (SSSR count). The lowest BCUT2D eigenvalue weighted by Crippen LogP contribution is -2.06. The molecule has 0 amide bonds. The summed E-state index contributed by atoms with van der Waals surface area (Å²) in [6.45, 7) is 1.79. The molecule has 0 fully saturated rings. The van der Waals surface area contributed by atoms with Crippen molar-refractivity contribution >= 4 is 10.9 Å². The van der Waals surface area contributed by atoms with E-state index in [2.05, 4.69) is 23.3 Å². The van der Waals surface area contributed by atoms with Gasteiger partial charge in [0.05, 0.1) is 24.1 Å². The van der Waals surface area contributed by atoms with Crippen molar-refractivity contribution in [3.63, 3.8) is 0 Å². The lowest BCUT2D eigenvalue weighted by molar-refractivity contribution is 0.144. The van der Waals surface area contributed by atoms with Gasteiger partial charge < -0.3 is 9.47 Å². The summed E-state index contributed by atoms with van der Waals surface area (Å²) >= 11 is 0. The zero-order valence-corrected chi connectivity index (χ0v) is 12.0. The molecule has 1 aromatic heterocycles. The van der Waals surface area contributed by atoms with Crippen LogP contribution in [0.3, 0.4) is 0 Å². The maximum absolute atomic E-state index is 5.72. The fraction of sp³-hybridized carbons (Fsp3) is 0.235. The zero-order valence-electron chi connectivity index (χ0n) is 12.0. The van der Waals surface area contributed by atoms with E-state index in [1.807, 2.05) is 41.1 Å². The molecule has 0 aliphatic carbocycles. The molecular formula is C17H18N2O2. The van der Waals surface area contributed by atoms with Gasteiger partial charge >= 0.3 is 0 Å². The van der Waals surface area contributed by atoms with E-state index in [0.717, 1.165) is 17.4 Å². The van der Waals surface area contributed by atoms with Gasteiger partial charge in [-0.1, -0.05) is 42.5 Å². The highest BCUT2D eigenvalue weighted by atomic mass is 16.5. The van der Waals surface area contributed by atoms with E-state index in [1.165, 1.54) is 5.56 Å². The van der Waals surface area contributed by atoms with Gasteiger partial charge in [-0.3, -0.25) is 4.68 Å². The zero-order chi connectivity index (χ0) is 14.5. The van der Waals surface area contributed by atoms with Crippen molar-refractivity contribution in [2.24, 2.45) is 0 Å². The number of rotatable bonds is 6. The number of para-hydroxylation sites is 1. The van der Waals surface area contributed by atoms with Crippen molar-refractivity contribution in [1.29, 1.82) is 0 Å². The minimum atomic E-state index is 0.503. The summed E-state index contributed by atoms with van der Waals surface area (Å²) in [5.41, 5.74) is 2.29. The summed E-state index contributed by atoms with van der Waals surface area (Å²) in [7, 11) is 1.66. The molecule has 4 heteroatoms. The van der Waals surface area contributed by atoms with E-state index in [-0.39, 0.29) is 0 Å². The quantitative estimate of drug-likeness (QED) is 0.652. The minimum Gasteiger partial charge on any atom is -0.474 e. The highest BCUT2D eigenvalue weighted by molar-refractivity contribution is 5.84. The SMILES string of the molecule is COCCOc1nn(Cc2ccccc2)c2ccccc12. The number of hydrogen-bond donors (Lipinski definition) is 0. The van der Waals surface area contributed by atoms with Gasteiger partial charge in [0.25, 0.3) is 0 Å². The van der Waals surface area contributed by atoms with Crippen LogP contribution in [0.5, 0.6) is 5.88 Å². The first kappa shape index (κ1) is 13.6. The maximum atomic E-state index is 5.72. The standard InChI is InChI=1S/C17H18N2O2/c1-20-11-12-21-17-15-9-5-6-10-16(15)19(18-17)13-14-7-3-2-4-8-14/h2-10H,11-13H2,1H3. The van der Waals surface area contributed by atoms with Crippen LogP contribution < -0.4 is 4.74 Å². The molecular weight excluding hydrogens is 264 g/mol. The van der Waals surface area contributed by atoms with Gasteiger partial charge in [-0.15, -0.1) is 5.10 Å². The van der Waals surface area contributed by atoms with Crippen molar-refractivity contribution in [2.45, 2.75) is 6.54 Å². The van der Waals surface area contributed by atoms with Crippen molar-refractivity contribution in [3.05, 3.63) is 60.2 Å². The lowest BCUT2D eigenvalue weighted by atomic mass is 10.2. The molecule has 0 radical (unpaired) electrons. The van der Waals surface area contributed by atoms with Gasteiger partial charge in [0.15, 0.2) is 0 Å². The number of hydrogen-bond acceptors (Lipinski definition) is 3. The third-order valence-electron chi connectivity index (χ3n) is 3.33. The summed E-state index contributed by atoms with van der Waals surface area (Å²) < 4.78 is 12.7. The van der Waals surface area contributed by atoms with E-state index in [4.69, 9.17) is 9.47 Å². The Morgan fingerprint density at radius 3 is 2.52 bits per heavy atom. The van der Waals surface area contributed by atoms with Crippen molar-refractivity contribution in [1.82, 2.24) is 9.78 Å². The van der Waals surface area contributed by atoms with Crippen LogP contribution in [-0.4, -0.2) is 30.1 Å². The summed E-state index contributed by atoms with van der Waals surface area (Å²) in [6, 6.07) is 18.4. The molecule has 0 aliphatic heterocycles. The number of aromatic nitrogens is 2. The van der Waals surface area contributed by atoms with E-state index >= 15 is 0 Å². The van der Waals surface area contributed by atoms with Crippen LogP contribution >= 0.6 is 0 Å². The van der Waals surface area contributed by atoms with Crippen LogP contribution in [-0.2, 0) is 11.3 Å². The van der Waals surface area contributed by atoms with Gasteiger partial charge in [0.1, 0.15) is 6.61 Å². The fourth-order valence-corrected chi connectivity index (χ4v) is 2.30. The van der Waals surface area contributed by atoms with Crippen molar-refractivity contribution in [3.8, 4) is 5.88 Å². The molecule has 2 aromatic carbocycles. The van der Waals surface area contributed by atoms with Crippen LogP contribution in [0, 0.1) is 0 Å². The molecule has 0 bridgehead atoms. The Kier molecular flexibility index (Phi) is 4.17. The molecule has 0 saturated carbocycles. The first-order chi connectivity index (χ1) is 10.4. The molecule has 108 valence electrons. The molecule has 1 heterocycles. The Morgan fingerprint density at radius 2 is 1.71 bits per heavy atom. The highest BCUT2D eigenvalue weighted by Crippen LogP contribution is 2.25. The smallest absolute Gasteiger partial charge is 0.240 e. The predicted octanol–water partition coefficient (Wildman–Crippen LogP) is 3.11. The second-order valence-electron chi connectivity index (χ2n) is 4.81. The summed E-state index contributed by atoms with van der Waals surface area (Å²) in [6.07, 6.45) is 0. The number of benzene rings is 2. The predicted molar refractivity (Wildman–Crippen MR) is 82.6 cm³/mol. The van der Waals surface area contributed by atoms with Crippen molar-refractivity contribution < 1.29 is 9.47 Å². The van der Waals surface area contributed by atoms with E-state index in [0.29, 0.717) is 19.1 Å². The summed E-state index contributed by atoms with van der Waals surface area (Å²) in [5.74, 6) is 0.665. The molecule has 4 nitrogen and oxygen atoms in total. The number of nitrogens with zero attached hydrogens (tertiary/aromatic N) is 2. The van der Waals surface area contributed by atoms with Gasteiger partial charge in [-0.25, -0.2) is 0 Å². The van der Waals surface area contributed by atoms with Crippen LogP contribution in [0.1, 0.15) is 5.56 Å². The molecule has 0 saturated heterocycles. The first-order valence-electron chi connectivity index (χ1n) is 6.99.